The highest BCUT2D eigenvalue weighted by atomic mass is 79.9. The Labute approximate surface area is 97.2 Å². The average molecular weight is 321 g/mol. The van der Waals surface area contributed by atoms with E-state index in [2.05, 4.69) is 43.3 Å². The maximum atomic E-state index is 5.86. The van der Waals surface area contributed by atoms with Gasteiger partial charge in [0.05, 0.1) is 0 Å². The number of nitrogens with two attached hydrogens (primary N) is 1. The first kappa shape index (κ1) is 9.49. The van der Waals surface area contributed by atoms with Gasteiger partial charge < -0.3 is 5.73 Å². The third-order valence-electron chi connectivity index (χ3n) is 1.92. The van der Waals surface area contributed by atoms with Crippen LogP contribution in [0.25, 0.3) is 10.1 Å². The quantitative estimate of drug-likeness (QED) is 0.620. The minimum Gasteiger partial charge on any atom is -0.398 e. The lowest BCUT2D eigenvalue weighted by atomic mass is 10.1. The summed E-state index contributed by atoms with van der Waals surface area (Å²) in [4.78, 5) is 0. The van der Waals surface area contributed by atoms with Crippen molar-refractivity contribution in [2.24, 2.45) is 0 Å². The molecule has 0 aliphatic rings. The zero-order valence-electron chi connectivity index (χ0n) is 6.68. The fraction of sp³-hybridized carbons (Fsp3) is 0.111. The predicted octanol–water partition coefficient (Wildman–Crippen LogP) is 4.14. The van der Waals surface area contributed by atoms with Gasteiger partial charge in [-0.2, -0.15) is 0 Å². The van der Waals surface area contributed by atoms with Crippen LogP contribution in [-0.4, -0.2) is 0 Å². The van der Waals surface area contributed by atoms with Gasteiger partial charge in [-0.3, -0.25) is 0 Å². The minimum absolute atomic E-state index is 0.806. The summed E-state index contributed by atoms with van der Waals surface area (Å²) in [6, 6.07) is 4.10. The van der Waals surface area contributed by atoms with Crippen molar-refractivity contribution in [2.75, 3.05) is 5.73 Å². The van der Waals surface area contributed by atoms with Gasteiger partial charge in [-0.1, -0.05) is 15.9 Å². The third kappa shape index (κ3) is 1.51. The molecule has 0 aliphatic carbocycles. The number of hydrogen-bond donors (Lipinski definition) is 1. The van der Waals surface area contributed by atoms with Gasteiger partial charge in [0.2, 0.25) is 0 Å². The van der Waals surface area contributed by atoms with Crippen molar-refractivity contribution in [1.82, 2.24) is 0 Å². The number of halogens is 2. The van der Waals surface area contributed by atoms with Crippen LogP contribution in [0, 0.1) is 0 Å². The first-order chi connectivity index (χ1) is 6.24. The highest BCUT2D eigenvalue weighted by molar-refractivity contribution is 9.10. The number of hydrogen-bond acceptors (Lipinski definition) is 2. The van der Waals surface area contributed by atoms with E-state index in [1.54, 1.807) is 11.3 Å². The summed E-state index contributed by atoms with van der Waals surface area (Å²) in [5, 5.41) is 4.14. The summed E-state index contributed by atoms with van der Waals surface area (Å²) in [5.74, 6) is 0. The van der Waals surface area contributed by atoms with Crippen LogP contribution in [0.3, 0.4) is 0 Å². The Morgan fingerprint density at radius 1 is 1.46 bits per heavy atom. The molecule has 0 saturated carbocycles. The van der Waals surface area contributed by atoms with Crippen LogP contribution in [0.1, 0.15) is 5.56 Å². The summed E-state index contributed by atoms with van der Waals surface area (Å²) < 4.78 is 2.31. The summed E-state index contributed by atoms with van der Waals surface area (Å²) in [5.41, 5.74) is 7.92. The van der Waals surface area contributed by atoms with Gasteiger partial charge in [-0.25, -0.2) is 0 Å². The monoisotopic (exact) mass is 319 g/mol. The Kier molecular flexibility index (Phi) is 2.62. The Morgan fingerprint density at radius 2 is 2.23 bits per heavy atom. The van der Waals surface area contributed by atoms with Crippen molar-refractivity contribution in [1.29, 1.82) is 0 Å². The van der Waals surface area contributed by atoms with Gasteiger partial charge in [0.1, 0.15) is 0 Å². The van der Waals surface area contributed by atoms with Crippen molar-refractivity contribution in [3.05, 3.63) is 27.5 Å². The number of alkyl halides is 1. The summed E-state index contributed by atoms with van der Waals surface area (Å²) in [7, 11) is 0. The van der Waals surface area contributed by atoms with Crippen molar-refractivity contribution in [2.45, 2.75) is 5.33 Å². The number of thiophene rings is 1. The first-order valence-corrected chi connectivity index (χ1v) is 6.53. The lowest BCUT2D eigenvalue weighted by Gasteiger charge is -2.04. The smallest absolute Gasteiger partial charge is 0.0491 e. The molecule has 0 spiro atoms. The van der Waals surface area contributed by atoms with Gasteiger partial charge in [-0.15, -0.1) is 11.3 Å². The molecular weight excluding hydrogens is 314 g/mol. The molecule has 0 saturated heterocycles. The summed E-state index contributed by atoms with van der Waals surface area (Å²) in [6.07, 6.45) is 0. The second kappa shape index (κ2) is 3.59. The Hall–Kier alpha value is -0.0600. The predicted molar refractivity (Wildman–Crippen MR) is 66.6 cm³/mol. The Balaban J connectivity index is 2.87. The molecule has 0 bridgehead atoms. The molecule has 0 fully saturated rings. The van der Waals surface area contributed by atoms with Gasteiger partial charge in [0, 0.05) is 25.6 Å². The molecule has 13 heavy (non-hydrogen) atoms. The van der Waals surface area contributed by atoms with Crippen LogP contribution in [0.5, 0.6) is 0 Å². The molecule has 1 aromatic heterocycles. The first-order valence-electron chi connectivity index (χ1n) is 3.74. The van der Waals surface area contributed by atoms with Crippen LogP contribution in [-0.2, 0) is 5.33 Å². The largest absolute Gasteiger partial charge is 0.398 e. The summed E-state index contributed by atoms with van der Waals surface area (Å²) >= 11 is 8.69. The molecule has 0 amide bonds. The third-order valence-corrected chi connectivity index (χ3v) is 4.40. The van der Waals surface area contributed by atoms with E-state index in [1.165, 1.54) is 15.6 Å². The number of fused-ring (bicyclic) bond motifs is 1. The molecule has 2 aromatic rings. The SMILES string of the molecule is Nc1cc(CBr)c2sccc2c1Br. The van der Waals surface area contributed by atoms with Gasteiger partial charge >= 0.3 is 0 Å². The van der Waals surface area contributed by atoms with E-state index in [9.17, 15) is 0 Å². The molecule has 1 heterocycles. The van der Waals surface area contributed by atoms with E-state index in [0.717, 1.165) is 15.5 Å². The van der Waals surface area contributed by atoms with E-state index in [1.807, 2.05) is 6.07 Å². The maximum Gasteiger partial charge on any atom is 0.0491 e. The number of benzene rings is 1. The minimum atomic E-state index is 0.806. The van der Waals surface area contributed by atoms with Gasteiger partial charge in [0.25, 0.3) is 0 Å². The molecule has 4 heteroatoms. The highest BCUT2D eigenvalue weighted by Gasteiger charge is 2.08. The summed E-state index contributed by atoms with van der Waals surface area (Å²) in [6.45, 7) is 0. The Morgan fingerprint density at radius 3 is 2.92 bits per heavy atom. The van der Waals surface area contributed by atoms with Gasteiger partial charge in [-0.05, 0) is 39.0 Å². The van der Waals surface area contributed by atoms with E-state index < -0.39 is 0 Å². The molecule has 1 nitrogen and oxygen atoms in total. The van der Waals surface area contributed by atoms with E-state index in [-0.39, 0.29) is 0 Å². The average Bonchev–Trinajstić information content (AvgIpc) is 2.60. The molecule has 1 aromatic carbocycles. The maximum absolute atomic E-state index is 5.86. The second-order valence-electron chi connectivity index (χ2n) is 2.74. The van der Waals surface area contributed by atoms with Crippen LogP contribution >= 0.6 is 43.2 Å². The van der Waals surface area contributed by atoms with Crippen LogP contribution < -0.4 is 5.73 Å². The second-order valence-corrected chi connectivity index (χ2v) is 5.01. The Bertz CT molecular complexity index is 450. The molecule has 0 aliphatic heterocycles. The lowest BCUT2D eigenvalue weighted by molar-refractivity contribution is 1.50. The van der Waals surface area contributed by atoms with Gasteiger partial charge in [0.15, 0.2) is 0 Å². The zero-order valence-corrected chi connectivity index (χ0v) is 10.7. The van der Waals surface area contributed by atoms with E-state index in [4.69, 9.17) is 5.73 Å². The van der Waals surface area contributed by atoms with E-state index >= 15 is 0 Å². The molecule has 0 unspecified atom stereocenters. The van der Waals surface area contributed by atoms with Crippen molar-refractivity contribution in [3.63, 3.8) is 0 Å². The fourth-order valence-corrected chi connectivity index (χ4v) is 3.43. The van der Waals surface area contributed by atoms with Crippen molar-refractivity contribution >= 4 is 59.0 Å². The van der Waals surface area contributed by atoms with Crippen molar-refractivity contribution < 1.29 is 0 Å². The topological polar surface area (TPSA) is 26.0 Å². The van der Waals surface area contributed by atoms with Crippen LogP contribution in [0.15, 0.2) is 22.0 Å². The van der Waals surface area contributed by atoms with Crippen LogP contribution in [0.2, 0.25) is 0 Å². The van der Waals surface area contributed by atoms with Crippen LogP contribution in [0.4, 0.5) is 5.69 Å². The number of anilines is 1. The molecule has 2 N–H and O–H groups in total. The molecule has 68 valence electrons. The standard InChI is InChI=1S/C9H7Br2NS/c10-4-5-3-7(12)8(11)6-1-2-13-9(5)6/h1-3H,4,12H2. The fourth-order valence-electron chi connectivity index (χ4n) is 1.30. The zero-order chi connectivity index (χ0) is 9.42. The lowest BCUT2D eigenvalue weighted by Crippen LogP contribution is -1.89. The highest BCUT2D eigenvalue weighted by Crippen LogP contribution is 2.36. The molecule has 0 atom stereocenters. The molecule has 2 rings (SSSR count). The molecule has 0 radical (unpaired) electrons. The van der Waals surface area contributed by atoms with Crippen molar-refractivity contribution in [3.8, 4) is 0 Å². The van der Waals surface area contributed by atoms with E-state index in [0.29, 0.717) is 0 Å². The number of nitrogen functional groups attached to an aromatic ring is 1. The molecular formula is C9H7Br2NS. The normalized spacial score (nSPS) is 10.9. The number of rotatable bonds is 1.